The first kappa shape index (κ1) is 17.3. The third-order valence-corrected chi connectivity index (χ3v) is 8.24. The van der Waals surface area contributed by atoms with Gasteiger partial charge in [-0.2, -0.15) is 21.5 Å². The van der Waals surface area contributed by atoms with Crippen LogP contribution in [0.5, 0.6) is 0 Å². The molecule has 0 amide bonds. The SMILES string of the molecule is CN(C1CN(c2ccc3nnc(C4CCC4)n3n2)C1)S(=O)(=O)N1CCCC1. The second-order valence-corrected chi connectivity index (χ2v) is 9.82. The smallest absolute Gasteiger partial charge is 0.282 e. The summed E-state index contributed by atoms with van der Waals surface area (Å²) in [6.07, 6.45) is 5.45. The normalized spacial score (nSPS) is 22.5. The molecule has 10 heteroatoms. The van der Waals surface area contributed by atoms with Crippen LogP contribution in [0.15, 0.2) is 12.1 Å². The Labute approximate surface area is 159 Å². The van der Waals surface area contributed by atoms with Gasteiger partial charge in [0.1, 0.15) is 5.82 Å². The number of fused-ring (bicyclic) bond motifs is 1. The maximum Gasteiger partial charge on any atom is 0.282 e. The van der Waals surface area contributed by atoms with Crippen molar-refractivity contribution in [2.75, 3.05) is 38.1 Å². The van der Waals surface area contributed by atoms with Gasteiger partial charge in [0.25, 0.3) is 10.2 Å². The first-order valence-corrected chi connectivity index (χ1v) is 11.1. The molecule has 0 N–H and O–H groups in total. The van der Waals surface area contributed by atoms with Crippen LogP contribution in [-0.4, -0.2) is 76.1 Å². The highest BCUT2D eigenvalue weighted by Crippen LogP contribution is 2.35. The standard InChI is InChI=1S/C17H25N7O2S/c1-21(27(25,26)23-9-2-3-10-23)14-11-22(12-14)16-8-7-15-18-19-17(24(15)20-16)13-5-4-6-13/h7-8,13-14H,2-6,9-12H2,1H3. The van der Waals surface area contributed by atoms with Crippen LogP contribution < -0.4 is 4.90 Å². The summed E-state index contributed by atoms with van der Waals surface area (Å²) in [7, 11) is -1.65. The van der Waals surface area contributed by atoms with Crippen molar-refractivity contribution in [3.8, 4) is 0 Å². The number of likely N-dealkylation sites (N-methyl/N-ethyl adjacent to an activating group) is 1. The quantitative estimate of drug-likeness (QED) is 0.751. The van der Waals surface area contributed by atoms with Gasteiger partial charge in [0.15, 0.2) is 11.5 Å². The second kappa shape index (κ2) is 6.39. The van der Waals surface area contributed by atoms with Crippen molar-refractivity contribution in [1.29, 1.82) is 0 Å². The van der Waals surface area contributed by atoms with Crippen LogP contribution in [0.2, 0.25) is 0 Å². The Balaban J connectivity index is 1.30. The Kier molecular flexibility index (Phi) is 4.10. The maximum absolute atomic E-state index is 12.7. The molecule has 1 aliphatic carbocycles. The minimum absolute atomic E-state index is 0.0138. The first-order chi connectivity index (χ1) is 13.0. The molecule has 9 nitrogen and oxygen atoms in total. The Bertz CT molecular complexity index is 943. The fourth-order valence-corrected chi connectivity index (χ4v) is 5.64. The van der Waals surface area contributed by atoms with E-state index in [1.807, 2.05) is 16.6 Å². The molecule has 3 fully saturated rings. The van der Waals surface area contributed by atoms with E-state index < -0.39 is 10.2 Å². The predicted molar refractivity (Wildman–Crippen MR) is 101 cm³/mol. The van der Waals surface area contributed by atoms with Gasteiger partial charge < -0.3 is 4.90 Å². The Morgan fingerprint density at radius 1 is 1.07 bits per heavy atom. The number of nitrogens with zero attached hydrogens (tertiary/aromatic N) is 7. The monoisotopic (exact) mass is 391 g/mol. The van der Waals surface area contributed by atoms with Crippen LogP contribution >= 0.6 is 0 Å². The lowest BCUT2D eigenvalue weighted by atomic mass is 9.85. The summed E-state index contributed by atoms with van der Waals surface area (Å²) >= 11 is 0. The molecule has 0 aromatic carbocycles. The van der Waals surface area contributed by atoms with Gasteiger partial charge in [0.2, 0.25) is 0 Å². The topological polar surface area (TPSA) is 86.9 Å². The van der Waals surface area contributed by atoms with Crippen LogP contribution in [0, 0.1) is 0 Å². The fourth-order valence-electron chi connectivity index (χ4n) is 4.05. The molecule has 4 heterocycles. The van der Waals surface area contributed by atoms with E-state index in [2.05, 4.69) is 15.1 Å². The molecule has 146 valence electrons. The molecule has 27 heavy (non-hydrogen) atoms. The van der Waals surface area contributed by atoms with Crippen LogP contribution in [0.3, 0.4) is 0 Å². The van der Waals surface area contributed by atoms with E-state index in [9.17, 15) is 8.42 Å². The summed E-state index contributed by atoms with van der Waals surface area (Å²) in [5.74, 6) is 2.26. The molecule has 2 aromatic heterocycles. The zero-order valence-electron chi connectivity index (χ0n) is 15.5. The van der Waals surface area contributed by atoms with Crippen molar-refractivity contribution in [2.45, 2.75) is 44.1 Å². The lowest BCUT2D eigenvalue weighted by molar-refractivity contribution is 0.287. The third-order valence-electron chi connectivity index (χ3n) is 6.20. The Hall–Kier alpha value is -1.78. The van der Waals surface area contributed by atoms with Gasteiger partial charge in [-0.3, -0.25) is 0 Å². The summed E-state index contributed by atoms with van der Waals surface area (Å²) in [6, 6.07) is 3.87. The van der Waals surface area contributed by atoms with Gasteiger partial charge in [-0.05, 0) is 37.8 Å². The van der Waals surface area contributed by atoms with Gasteiger partial charge in [-0.25, -0.2) is 0 Å². The van der Waals surface area contributed by atoms with Crippen molar-refractivity contribution in [3.63, 3.8) is 0 Å². The Morgan fingerprint density at radius 3 is 2.48 bits per heavy atom. The average Bonchev–Trinajstić information content (AvgIpc) is 3.22. The molecule has 0 unspecified atom stereocenters. The summed E-state index contributed by atoms with van der Waals surface area (Å²) in [4.78, 5) is 2.12. The van der Waals surface area contributed by atoms with Crippen LogP contribution in [0.1, 0.15) is 43.8 Å². The molecule has 2 saturated heterocycles. The van der Waals surface area contributed by atoms with Crippen molar-refractivity contribution >= 4 is 21.7 Å². The number of rotatable bonds is 5. The van der Waals surface area contributed by atoms with E-state index in [1.165, 1.54) is 10.7 Å². The summed E-state index contributed by atoms with van der Waals surface area (Å²) in [6.45, 7) is 2.59. The predicted octanol–water partition coefficient (Wildman–Crippen LogP) is 0.853. The Morgan fingerprint density at radius 2 is 1.81 bits per heavy atom. The zero-order chi connectivity index (χ0) is 18.6. The minimum Gasteiger partial charge on any atom is -0.352 e. The van der Waals surface area contributed by atoms with Crippen molar-refractivity contribution < 1.29 is 8.42 Å². The average molecular weight is 392 g/mol. The molecule has 1 saturated carbocycles. The molecule has 2 aliphatic heterocycles. The lowest BCUT2D eigenvalue weighted by Gasteiger charge is -2.44. The van der Waals surface area contributed by atoms with Crippen LogP contribution in [0.25, 0.3) is 5.65 Å². The zero-order valence-corrected chi connectivity index (χ0v) is 16.3. The highest BCUT2D eigenvalue weighted by Gasteiger charge is 2.40. The summed E-state index contributed by atoms with van der Waals surface area (Å²) in [5, 5.41) is 13.3. The highest BCUT2D eigenvalue weighted by atomic mass is 32.2. The molecule has 0 spiro atoms. The van der Waals surface area contributed by atoms with Crippen molar-refractivity contribution in [3.05, 3.63) is 18.0 Å². The third kappa shape index (κ3) is 2.81. The van der Waals surface area contributed by atoms with Gasteiger partial charge in [-0.15, -0.1) is 15.3 Å². The van der Waals surface area contributed by atoms with E-state index in [1.54, 1.807) is 11.4 Å². The van der Waals surface area contributed by atoms with E-state index >= 15 is 0 Å². The highest BCUT2D eigenvalue weighted by molar-refractivity contribution is 7.86. The van der Waals surface area contributed by atoms with Crippen LogP contribution in [-0.2, 0) is 10.2 Å². The largest absolute Gasteiger partial charge is 0.352 e. The summed E-state index contributed by atoms with van der Waals surface area (Å²) in [5.41, 5.74) is 0.770. The molecule has 0 bridgehead atoms. The van der Waals surface area contributed by atoms with Gasteiger partial charge in [-0.1, -0.05) is 6.42 Å². The van der Waals surface area contributed by atoms with E-state index in [-0.39, 0.29) is 6.04 Å². The maximum atomic E-state index is 12.7. The minimum atomic E-state index is -3.35. The number of aromatic nitrogens is 4. The molecule has 3 aliphatic rings. The lowest BCUT2D eigenvalue weighted by Crippen LogP contribution is -2.61. The number of hydrogen-bond acceptors (Lipinski definition) is 6. The van der Waals surface area contributed by atoms with E-state index in [4.69, 9.17) is 5.10 Å². The van der Waals surface area contributed by atoms with Gasteiger partial charge >= 0.3 is 0 Å². The molecule has 0 atom stereocenters. The number of anilines is 1. The second-order valence-electron chi connectivity index (χ2n) is 7.84. The fraction of sp³-hybridized carbons (Fsp3) is 0.706. The van der Waals surface area contributed by atoms with Crippen molar-refractivity contribution in [2.24, 2.45) is 0 Å². The molecule has 5 rings (SSSR count). The molecular formula is C17H25N7O2S. The van der Waals surface area contributed by atoms with E-state index in [0.717, 1.165) is 43.0 Å². The van der Waals surface area contributed by atoms with Crippen LogP contribution in [0.4, 0.5) is 5.82 Å². The van der Waals surface area contributed by atoms with E-state index in [0.29, 0.717) is 32.1 Å². The van der Waals surface area contributed by atoms with Gasteiger partial charge in [0, 0.05) is 39.1 Å². The van der Waals surface area contributed by atoms with Gasteiger partial charge in [0.05, 0.1) is 6.04 Å². The first-order valence-electron chi connectivity index (χ1n) is 9.74. The molecule has 0 radical (unpaired) electrons. The number of hydrogen-bond donors (Lipinski definition) is 0. The molecule has 2 aromatic rings. The van der Waals surface area contributed by atoms with Crippen molar-refractivity contribution in [1.82, 2.24) is 28.4 Å². The molecular weight excluding hydrogens is 366 g/mol. The summed E-state index contributed by atoms with van der Waals surface area (Å²) < 4.78 is 30.4.